The maximum absolute atomic E-state index is 11.0. The molecule has 0 unspecified atom stereocenters. The number of carbonyl (C=O) groups excluding carboxylic acids is 1. The minimum atomic E-state index is 0.0869. The second kappa shape index (κ2) is 7.44. The van der Waals surface area contributed by atoms with Gasteiger partial charge in [0, 0.05) is 10.9 Å². The normalized spacial score (nSPS) is 10.1. The molecule has 0 spiro atoms. The van der Waals surface area contributed by atoms with Crippen molar-refractivity contribution in [2.45, 2.75) is 26.2 Å². The summed E-state index contributed by atoms with van der Waals surface area (Å²) >= 11 is 3.40. The minimum Gasteiger partial charge on any atom is -0.494 e. The lowest BCUT2D eigenvalue weighted by atomic mass is 10.1. The number of Topliss-reactive ketones (excluding diaryl/α,β-unsaturated/α-hetero) is 1. The van der Waals surface area contributed by atoms with Crippen molar-refractivity contribution in [3.8, 4) is 5.75 Å². The van der Waals surface area contributed by atoms with Crippen LogP contribution in [-0.4, -0.2) is 17.7 Å². The van der Waals surface area contributed by atoms with Gasteiger partial charge < -0.3 is 4.74 Å². The van der Waals surface area contributed by atoms with Crippen molar-refractivity contribution in [3.05, 3.63) is 29.8 Å². The molecule has 0 N–H and O–H groups in total. The van der Waals surface area contributed by atoms with E-state index >= 15 is 0 Å². The largest absolute Gasteiger partial charge is 0.494 e. The van der Waals surface area contributed by atoms with Gasteiger partial charge in [0.15, 0.2) is 5.78 Å². The van der Waals surface area contributed by atoms with Gasteiger partial charge in [-0.2, -0.15) is 0 Å². The smallest absolute Gasteiger partial charge is 0.159 e. The van der Waals surface area contributed by atoms with E-state index in [1.54, 1.807) is 19.1 Å². The summed E-state index contributed by atoms with van der Waals surface area (Å²) in [6.07, 6.45) is 3.43. The maximum Gasteiger partial charge on any atom is 0.159 e. The highest BCUT2D eigenvalue weighted by Crippen LogP contribution is 2.13. The number of ether oxygens (including phenoxy) is 1. The summed E-state index contributed by atoms with van der Waals surface area (Å²) in [6.45, 7) is 2.31. The maximum atomic E-state index is 11.0. The van der Waals surface area contributed by atoms with E-state index < -0.39 is 0 Å². The Balaban J connectivity index is 2.29. The predicted molar refractivity (Wildman–Crippen MR) is 69.6 cm³/mol. The third-order valence-electron chi connectivity index (χ3n) is 2.31. The molecule has 88 valence electrons. The van der Waals surface area contributed by atoms with E-state index in [2.05, 4.69) is 15.9 Å². The van der Waals surface area contributed by atoms with Crippen molar-refractivity contribution < 1.29 is 9.53 Å². The van der Waals surface area contributed by atoms with E-state index in [1.807, 2.05) is 12.1 Å². The number of halogens is 1. The zero-order valence-electron chi connectivity index (χ0n) is 9.54. The highest BCUT2D eigenvalue weighted by atomic mass is 79.9. The topological polar surface area (TPSA) is 26.3 Å². The van der Waals surface area contributed by atoms with Gasteiger partial charge in [0.1, 0.15) is 5.75 Å². The van der Waals surface area contributed by atoms with Crippen LogP contribution in [0.15, 0.2) is 24.3 Å². The van der Waals surface area contributed by atoms with Gasteiger partial charge in [-0.3, -0.25) is 4.79 Å². The zero-order chi connectivity index (χ0) is 11.8. The molecule has 1 rings (SSSR count). The molecule has 1 aromatic rings. The average molecular weight is 285 g/mol. The number of hydrogen-bond acceptors (Lipinski definition) is 2. The molecule has 0 aliphatic carbocycles. The molecule has 0 aliphatic heterocycles. The molecular weight excluding hydrogens is 268 g/mol. The summed E-state index contributed by atoms with van der Waals surface area (Å²) in [4.78, 5) is 11.0. The summed E-state index contributed by atoms with van der Waals surface area (Å²) in [5.41, 5.74) is 0.728. The van der Waals surface area contributed by atoms with Gasteiger partial charge in [0.05, 0.1) is 6.61 Å². The zero-order valence-corrected chi connectivity index (χ0v) is 11.1. The van der Waals surface area contributed by atoms with Crippen molar-refractivity contribution >= 4 is 21.7 Å². The molecule has 0 saturated heterocycles. The average Bonchev–Trinajstić information content (AvgIpc) is 2.29. The second-order valence-electron chi connectivity index (χ2n) is 3.68. The van der Waals surface area contributed by atoms with E-state index in [0.29, 0.717) is 0 Å². The number of rotatable bonds is 7. The number of hydrogen-bond donors (Lipinski definition) is 0. The van der Waals surface area contributed by atoms with Crippen LogP contribution in [0, 0.1) is 0 Å². The van der Waals surface area contributed by atoms with E-state index in [1.165, 1.54) is 12.8 Å². The van der Waals surface area contributed by atoms with Crippen LogP contribution >= 0.6 is 15.9 Å². The SMILES string of the molecule is CC(=O)c1ccc(OCCCCCBr)cc1. The van der Waals surface area contributed by atoms with Crippen LogP contribution in [0.1, 0.15) is 36.5 Å². The van der Waals surface area contributed by atoms with E-state index in [4.69, 9.17) is 4.74 Å². The first kappa shape index (κ1) is 13.2. The van der Waals surface area contributed by atoms with E-state index in [-0.39, 0.29) is 5.78 Å². The van der Waals surface area contributed by atoms with Crippen molar-refractivity contribution in [2.75, 3.05) is 11.9 Å². The van der Waals surface area contributed by atoms with Crippen LogP contribution in [0.25, 0.3) is 0 Å². The Morgan fingerprint density at radius 2 is 1.88 bits per heavy atom. The molecule has 0 aliphatic rings. The van der Waals surface area contributed by atoms with Crippen molar-refractivity contribution in [1.82, 2.24) is 0 Å². The van der Waals surface area contributed by atoms with Crippen molar-refractivity contribution in [1.29, 1.82) is 0 Å². The Morgan fingerprint density at radius 1 is 1.19 bits per heavy atom. The standard InChI is InChI=1S/C13H17BrO2/c1-11(15)12-5-7-13(8-6-12)16-10-4-2-3-9-14/h5-8H,2-4,9-10H2,1H3. The summed E-state index contributed by atoms with van der Waals surface area (Å²) in [6, 6.07) is 7.30. The molecule has 0 fully saturated rings. The molecule has 0 amide bonds. The summed E-state index contributed by atoms with van der Waals surface area (Å²) < 4.78 is 5.56. The molecule has 3 heteroatoms. The molecule has 0 heterocycles. The molecule has 2 nitrogen and oxygen atoms in total. The molecule has 0 bridgehead atoms. The van der Waals surface area contributed by atoms with Gasteiger partial charge in [0.25, 0.3) is 0 Å². The summed E-state index contributed by atoms with van der Waals surface area (Å²) in [5, 5.41) is 1.06. The first-order chi connectivity index (χ1) is 7.74. The Kier molecular flexibility index (Phi) is 6.16. The summed E-state index contributed by atoms with van der Waals surface area (Å²) in [5.74, 6) is 0.924. The molecule has 0 atom stereocenters. The molecule has 0 saturated carbocycles. The number of unbranched alkanes of at least 4 members (excludes halogenated alkanes) is 2. The second-order valence-corrected chi connectivity index (χ2v) is 4.47. The Morgan fingerprint density at radius 3 is 2.44 bits per heavy atom. The molecule has 1 aromatic carbocycles. The van der Waals surface area contributed by atoms with Crippen LogP contribution in [-0.2, 0) is 0 Å². The Labute approximate surface area is 105 Å². The van der Waals surface area contributed by atoms with Crippen molar-refractivity contribution in [3.63, 3.8) is 0 Å². The van der Waals surface area contributed by atoms with Gasteiger partial charge in [0.2, 0.25) is 0 Å². The van der Waals surface area contributed by atoms with Crippen LogP contribution in [0.2, 0.25) is 0 Å². The summed E-state index contributed by atoms with van der Waals surface area (Å²) in [7, 11) is 0. The lowest BCUT2D eigenvalue weighted by molar-refractivity contribution is 0.101. The first-order valence-corrected chi connectivity index (χ1v) is 6.66. The van der Waals surface area contributed by atoms with Crippen LogP contribution in [0.3, 0.4) is 0 Å². The molecular formula is C13H17BrO2. The third-order valence-corrected chi connectivity index (χ3v) is 2.87. The fraction of sp³-hybridized carbons (Fsp3) is 0.462. The third kappa shape index (κ3) is 4.79. The number of alkyl halides is 1. The van der Waals surface area contributed by atoms with Gasteiger partial charge >= 0.3 is 0 Å². The molecule has 0 aromatic heterocycles. The molecule has 0 radical (unpaired) electrons. The monoisotopic (exact) mass is 284 g/mol. The van der Waals surface area contributed by atoms with Crippen molar-refractivity contribution in [2.24, 2.45) is 0 Å². The van der Waals surface area contributed by atoms with Gasteiger partial charge in [-0.25, -0.2) is 0 Å². The molecule has 16 heavy (non-hydrogen) atoms. The highest BCUT2D eigenvalue weighted by molar-refractivity contribution is 9.09. The van der Waals surface area contributed by atoms with E-state index in [0.717, 1.165) is 29.7 Å². The van der Waals surface area contributed by atoms with Crippen LogP contribution in [0.4, 0.5) is 0 Å². The predicted octanol–water partition coefficient (Wildman–Crippen LogP) is 3.83. The quantitative estimate of drug-likeness (QED) is 0.432. The fourth-order valence-corrected chi connectivity index (χ4v) is 1.75. The van der Waals surface area contributed by atoms with Crippen LogP contribution < -0.4 is 4.74 Å². The van der Waals surface area contributed by atoms with Gasteiger partial charge in [-0.05, 0) is 50.5 Å². The Hall–Kier alpha value is -0.830. The number of benzene rings is 1. The number of carbonyl (C=O) groups is 1. The minimum absolute atomic E-state index is 0.0869. The lowest BCUT2D eigenvalue weighted by Crippen LogP contribution is -1.98. The van der Waals surface area contributed by atoms with E-state index in [9.17, 15) is 4.79 Å². The van der Waals surface area contributed by atoms with Gasteiger partial charge in [-0.15, -0.1) is 0 Å². The van der Waals surface area contributed by atoms with Gasteiger partial charge in [-0.1, -0.05) is 15.9 Å². The highest BCUT2D eigenvalue weighted by Gasteiger charge is 1.99. The van der Waals surface area contributed by atoms with Crippen LogP contribution in [0.5, 0.6) is 5.75 Å². The number of ketones is 1. The fourth-order valence-electron chi connectivity index (χ4n) is 1.35. The first-order valence-electron chi connectivity index (χ1n) is 5.54. The Bertz CT molecular complexity index is 319. The lowest BCUT2D eigenvalue weighted by Gasteiger charge is -2.05.